The minimum Gasteiger partial charge on any atom is -0.491 e. The third-order valence-electron chi connectivity index (χ3n) is 4.73. The van der Waals surface area contributed by atoms with Crippen molar-refractivity contribution in [3.05, 3.63) is 29.6 Å². The summed E-state index contributed by atoms with van der Waals surface area (Å²) < 4.78 is 24.3. The number of halogens is 2. The van der Waals surface area contributed by atoms with E-state index >= 15 is 0 Å². The average Bonchev–Trinajstić information content (AvgIpc) is 2.68. The maximum absolute atomic E-state index is 14.0. The molecule has 1 aromatic carbocycles. The first kappa shape index (κ1) is 24.9. The Balaban J connectivity index is 0.00000392. The second kappa shape index (κ2) is 13.9. The minimum atomic E-state index is -0.333. The molecule has 0 saturated carbocycles. The molecule has 28 heavy (non-hydrogen) atoms. The fraction of sp³-hybridized carbons (Fsp3) is 0.650. The van der Waals surface area contributed by atoms with Crippen LogP contribution in [0.3, 0.4) is 0 Å². The summed E-state index contributed by atoms with van der Waals surface area (Å²) >= 11 is 0. The van der Waals surface area contributed by atoms with E-state index in [4.69, 9.17) is 9.47 Å². The van der Waals surface area contributed by atoms with Crippen molar-refractivity contribution in [2.45, 2.75) is 38.8 Å². The number of guanidine groups is 1. The van der Waals surface area contributed by atoms with E-state index in [0.29, 0.717) is 24.9 Å². The summed E-state index contributed by atoms with van der Waals surface area (Å²) in [5.41, 5.74) is 0.854. The molecule has 0 spiro atoms. The number of ether oxygens (including phenoxy) is 2. The summed E-state index contributed by atoms with van der Waals surface area (Å²) in [6.45, 7) is 6.90. The van der Waals surface area contributed by atoms with Crippen LogP contribution in [0.25, 0.3) is 0 Å². The van der Waals surface area contributed by atoms with Crippen molar-refractivity contribution < 1.29 is 13.9 Å². The molecule has 2 rings (SSSR count). The van der Waals surface area contributed by atoms with Gasteiger partial charge in [0.1, 0.15) is 0 Å². The predicted octanol–water partition coefficient (Wildman–Crippen LogP) is 3.01. The number of benzene rings is 1. The number of hydrogen-bond acceptors (Lipinski definition) is 4. The van der Waals surface area contributed by atoms with Gasteiger partial charge in [-0.3, -0.25) is 4.99 Å². The van der Waals surface area contributed by atoms with Gasteiger partial charge in [0.15, 0.2) is 17.5 Å². The van der Waals surface area contributed by atoms with Gasteiger partial charge in [0.05, 0.1) is 6.61 Å². The van der Waals surface area contributed by atoms with Crippen molar-refractivity contribution >= 4 is 29.9 Å². The molecule has 1 heterocycles. The lowest BCUT2D eigenvalue weighted by molar-refractivity contribution is 0.155. The van der Waals surface area contributed by atoms with E-state index in [0.717, 1.165) is 57.0 Å². The van der Waals surface area contributed by atoms with Gasteiger partial charge in [-0.25, -0.2) is 4.39 Å². The zero-order valence-corrected chi connectivity index (χ0v) is 19.5. The van der Waals surface area contributed by atoms with E-state index in [-0.39, 0.29) is 29.8 Å². The zero-order chi connectivity index (χ0) is 19.5. The largest absolute Gasteiger partial charge is 0.491 e. The van der Waals surface area contributed by atoms with Gasteiger partial charge in [0.2, 0.25) is 0 Å². The number of likely N-dealkylation sites (tertiary alicyclic amines) is 1. The Kier molecular flexibility index (Phi) is 12.4. The number of hydrogen-bond donors (Lipinski definition) is 2. The highest BCUT2D eigenvalue weighted by Crippen LogP contribution is 2.18. The molecule has 160 valence electrons. The summed E-state index contributed by atoms with van der Waals surface area (Å²) in [5, 5.41) is 6.75. The standard InChI is InChI=1S/C20H33FN4O2.HI/c1-4-27-19-7-6-16(14-18(19)21)15-23-20(22-2)24-17-8-11-25(12-9-17)10-5-13-26-3;/h6-7,14,17H,4-5,8-13,15H2,1-3H3,(H2,22,23,24);1H. The molecule has 2 N–H and O–H groups in total. The van der Waals surface area contributed by atoms with Crippen LogP contribution in [0, 0.1) is 5.82 Å². The molecule has 0 bridgehead atoms. The van der Waals surface area contributed by atoms with E-state index in [1.807, 2.05) is 13.0 Å². The third kappa shape index (κ3) is 8.48. The fourth-order valence-electron chi connectivity index (χ4n) is 3.23. The summed E-state index contributed by atoms with van der Waals surface area (Å²) in [6, 6.07) is 5.45. The van der Waals surface area contributed by atoms with Crippen molar-refractivity contribution in [2.24, 2.45) is 4.99 Å². The van der Waals surface area contributed by atoms with Gasteiger partial charge in [0, 0.05) is 53.0 Å². The smallest absolute Gasteiger partial charge is 0.191 e. The monoisotopic (exact) mass is 508 g/mol. The van der Waals surface area contributed by atoms with Crippen molar-refractivity contribution in [1.82, 2.24) is 15.5 Å². The van der Waals surface area contributed by atoms with Crippen molar-refractivity contribution in [3.8, 4) is 5.75 Å². The Labute approximate surface area is 185 Å². The first-order valence-electron chi connectivity index (χ1n) is 9.76. The first-order chi connectivity index (χ1) is 13.2. The highest BCUT2D eigenvalue weighted by molar-refractivity contribution is 14.0. The van der Waals surface area contributed by atoms with E-state index in [9.17, 15) is 4.39 Å². The van der Waals surface area contributed by atoms with Gasteiger partial charge in [-0.05, 0) is 43.9 Å². The average molecular weight is 508 g/mol. The number of nitrogens with one attached hydrogen (secondary N) is 2. The summed E-state index contributed by atoms with van der Waals surface area (Å²) in [5.74, 6) is 0.711. The highest BCUT2D eigenvalue weighted by Gasteiger charge is 2.19. The molecule has 1 fully saturated rings. The van der Waals surface area contributed by atoms with Crippen molar-refractivity contribution in [1.29, 1.82) is 0 Å². The van der Waals surface area contributed by atoms with Crippen LogP contribution in [0.15, 0.2) is 23.2 Å². The van der Waals surface area contributed by atoms with Crippen LogP contribution in [0.4, 0.5) is 4.39 Å². The lowest BCUT2D eigenvalue weighted by atomic mass is 10.1. The SMILES string of the molecule is CCOc1ccc(CNC(=NC)NC2CCN(CCCOC)CC2)cc1F.I. The molecule has 0 radical (unpaired) electrons. The molecule has 1 aliphatic heterocycles. The van der Waals surface area contributed by atoms with Crippen LogP contribution in [-0.4, -0.2) is 63.9 Å². The van der Waals surface area contributed by atoms with Crippen molar-refractivity contribution in [2.75, 3.05) is 47.0 Å². The van der Waals surface area contributed by atoms with Gasteiger partial charge >= 0.3 is 0 Å². The molecule has 6 nitrogen and oxygen atoms in total. The molecule has 1 aliphatic rings. The normalized spacial score (nSPS) is 15.8. The first-order valence-corrected chi connectivity index (χ1v) is 9.76. The number of rotatable bonds is 9. The molecule has 0 amide bonds. The summed E-state index contributed by atoms with van der Waals surface area (Å²) in [7, 11) is 3.50. The molecule has 0 unspecified atom stereocenters. The predicted molar refractivity (Wildman–Crippen MR) is 122 cm³/mol. The van der Waals surface area contributed by atoms with E-state index in [1.165, 1.54) is 6.07 Å². The number of piperidine rings is 1. The maximum atomic E-state index is 14.0. The second-order valence-corrected chi connectivity index (χ2v) is 6.73. The third-order valence-corrected chi connectivity index (χ3v) is 4.73. The molecule has 1 aromatic rings. The Bertz CT molecular complexity index is 596. The molecular formula is C20H34FIN4O2. The van der Waals surface area contributed by atoms with Gasteiger partial charge < -0.3 is 25.0 Å². The molecule has 0 atom stereocenters. The molecule has 1 saturated heterocycles. The lowest BCUT2D eigenvalue weighted by Crippen LogP contribution is -2.48. The number of aliphatic imine (C=N–C) groups is 1. The summed E-state index contributed by atoms with van der Waals surface area (Å²) in [6.07, 6.45) is 3.26. The zero-order valence-electron chi connectivity index (χ0n) is 17.2. The Morgan fingerprint density at radius 2 is 2.07 bits per heavy atom. The lowest BCUT2D eigenvalue weighted by Gasteiger charge is -2.33. The Morgan fingerprint density at radius 3 is 2.68 bits per heavy atom. The van der Waals surface area contributed by atoms with E-state index in [2.05, 4.69) is 20.5 Å². The minimum absolute atomic E-state index is 0. The van der Waals surface area contributed by atoms with Crippen LogP contribution in [-0.2, 0) is 11.3 Å². The molecule has 8 heteroatoms. The molecule has 0 aliphatic carbocycles. The van der Waals surface area contributed by atoms with Crippen LogP contribution < -0.4 is 15.4 Å². The van der Waals surface area contributed by atoms with Crippen LogP contribution >= 0.6 is 24.0 Å². The summed E-state index contributed by atoms with van der Waals surface area (Å²) in [4.78, 5) is 6.77. The van der Waals surface area contributed by atoms with Gasteiger partial charge in [-0.15, -0.1) is 24.0 Å². The second-order valence-electron chi connectivity index (χ2n) is 6.73. The van der Waals surface area contributed by atoms with Gasteiger partial charge in [0.25, 0.3) is 0 Å². The fourth-order valence-corrected chi connectivity index (χ4v) is 3.23. The quantitative estimate of drug-likeness (QED) is 0.233. The maximum Gasteiger partial charge on any atom is 0.191 e. The molecular weight excluding hydrogens is 474 g/mol. The Hall–Kier alpha value is -1.13. The van der Waals surface area contributed by atoms with Crippen LogP contribution in [0.2, 0.25) is 0 Å². The van der Waals surface area contributed by atoms with Gasteiger partial charge in [-0.2, -0.15) is 0 Å². The van der Waals surface area contributed by atoms with Crippen molar-refractivity contribution in [3.63, 3.8) is 0 Å². The van der Waals surface area contributed by atoms with Crippen LogP contribution in [0.5, 0.6) is 5.75 Å². The van der Waals surface area contributed by atoms with Crippen LogP contribution in [0.1, 0.15) is 31.7 Å². The topological polar surface area (TPSA) is 58.1 Å². The molecule has 0 aromatic heterocycles. The van der Waals surface area contributed by atoms with E-state index < -0.39 is 0 Å². The number of methoxy groups -OCH3 is 1. The van der Waals surface area contributed by atoms with Gasteiger partial charge in [-0.1, -0.05) is 6.07 Å². The highest BCUT2D eigenvalue weighted by atomic mass is 127. The number of nitrogens with zero attached hydrogens (tertiary/aromatic N) is 2. The Morgan fingerprint density at radius 1 is 1.32 bits per heavy atom. The van der Waals surface area contributed by atoms with E-state index in [1.54, 1.807) is 20.2 Å².